The second-order valence-electron chi connectivity index (χ2n) is 12.9. The number of carbonyl (C=O) groups is 2. The first kappa shape index (κ1) is 35.9. The lowest BCUT2D eigenvalue weighted by Crippen LogP contribution is -2.45. The minimum atomic E-state index is -0.983. The van der Waals surface area contributed by atoms with Crippen LogP contribution in [-0.4, -0.2) is 47.4 Å². The lowest BCUT2D eigenvalue weighted by Gasteiger charge is -2.30. The van der Waals surface area contributed by atoms with Crippen molar-refractivity contribution in [3.63, 3.8) is 0 Å². The van der Waals surface area contributed by atoms with Gasteiger partial charge in [0.25, 0.3) is 0 Å². The van der Waals surface area contributed by atoms with E-state index in [9.17, 15) is 9.59 Å². The second-order valence-corrected chi connectivity index (χ2v) is 12.9. The number of hydrogen-bond acceptors (Lipinski definition) is 8. The molecule has 8 heteroatoms. The second kappa shape index (κ2) is 14.0. The Kier molecular flexibility index (Phi) is 11.7. The zero-order valence-corrected chi connectivity index (χ0v) is 27.1. The van der Waals surface area contributed by atoms with Gasteiger partial charge >= 0.3 is 0 Å². The Labute approximate surface area is 257 Å². The largest absolute Gasteiger partial charge is 0.473 e. The molecule has 0 spiro atoms. The smallest absolute Gasteiger partial charge is 0.186 e. The van der Waals surface area contributed by atoms with E-state index >= 15 is 0 Å². The third-order valence-corrected chi connectivity index (χ3v) is 7.53. The van der Waals surface area contributed by atoms with Crippen molar-refractivity contribution in [2.75, 3.05) is 13.2 Å². The van der Waals surface area contributed by atoms with Crippen LogP contribution in [0.25, 0.3) is 0 Å². The summed E-state index contributed by atoms with van der Waals surface area (Å²) in [6.45, 7) is 22.2. The molecule has 0 aromatic heterocycles. The Bertz CT molecular complexity index is 1160. The standard InChI is InChI=1S/C35H50N2O6/c1-11-29(38)32(5,6)40-23-21-34(9,36)42-27-17-13-25(14-18-27)31(3,4)26-15-19-28(20-16-26)43-35(10,37)22-24-41-33(7,8)30(39)12-2/h11-20H,1-2,21-24,36-37H2,3-10H3. The summed E-state index contributed by atoms with van der Waals surface area (Å²) < 4.78 is 23.5. The van der Waals surface area contributed by atoms with E-state index in [1.165, 1.54) is 12.2 Å². The van der Waals surface area contributed by atoms with Crippen molar-refractivity contribution in [1.29, 1.82) is 0 Å². The molecule has 0 saturated carbocycles. The first-order valence-electron chi connectivity index (χ1n) is 14.5. The molecule has 4 N–H and O–H groups in total. The Morgan fingerprint density at radius 2 is 0.930 bits per heavy atom. The highest BCUT2D eigenvalue weighted by atomic mass is 16.5. The zero-order chi connectivity index (χ0) is 32.7. The van der Waals surface area contributed by atoms with Crippen molar-refractivity contribution in [2.45, 2.75) is 96.3 Å². The maximum Gasteiger partial charge on any atom is 0.186 e. The van der Waals surface area contributed by atoms with Crippen LogP contribution in [0.4, 0.5) is 0 Å². The van der Waals surface area contributed by atoms with E-state index in [-0.39, 0.29) is 30.2 Å². The van der Waals surface area contributed by atoms with E-state index in [0.717, 1.165) is 11.1 Å². The van der Waals surface area contributed by atoms with Gasteiger partial charge in [0.1, 0.15) is 22.7 Å². The Hall–Kier alpha value is -3.30. The molecule has 0 heterocycles. The first-order valence-corrected chi connectivity index (χ1v) is 14.5. The van der Waals surface area contributed by atoms with Crippen LogP contribution in [0.2, 0.25) is 0 Å². The summed E-state index contributed by atoms with van der Waals surface area (Å²) in [5.41, 5.74) is 10.7. The lowest BCUT2D eigenvalue weighted by molar-refractivity contribution is -0.137. The average Bonchev–Trinajstić information content (AvgIpc) is 2.91. The topological polar surface area (TPSA) is 123 Å². The average molecular weight is 595 g/mol. The highest BCUT2D eigenvalue weighted by molar-refractivity contribution is 5.96. The third kappa shape index (κ3) is 10.4. The molecule has 2 aromatic rings. The van der Waals surface area contributed by atoms with Crippen molar-refractivity contribution < 1.29 is 28.5 Å². The molecule has 0 aliphatic carbocycles. The lowest BCUT2D eigenvalue weighted by atomic mass is 9.78. The quantitative estimate of drug-likeness (QED) is 0.159. The van der Waals surface area contributed by atoms with Crippen LogP contribution in [0.15, 0.2) is 73.8 Å². The molecule has 2 atom stereocenters. The van der Waals surface area contributed by atoms with E-state index in [1.54, 1.807) is 41.5 Å². The molecule has 0 saturated heterocycles. The summed E-state index contributed by atoms with van der Waals surface area (Å²) >= 11 is 0. The minimum absolute atomic E-state index is 0.185. The molecule has 0 fully saturated rings. The molecule has 236 valence electrons. The van der Waals surface area contributed by atoms with Gasteiger partial charge in [-0.3, -0.25) is 21.1 Å². The van der Waals surface area contributed by atoms with Crippen LogP contribution in [0.1, 0.15) is 79.4 Å². The van der Waals surface area contributed by atoms with Crippen molar-refractivity contribution in [1.82, 2.24) is 0 Å². The predicted molar refractivity (Wildman–Crippen MR) is 171 cm³/mol. The van der Waals surface area contributed by atoms with Gasteiger partial charge in [-0.15, -0.1) is 0 Å². The van der Waals surface area contributed by atoms with Gasteiger partial charge in [0.05, 0.1) is 13.2 Å². The molecule has 0 bridgehead atoms. The summed E-state index contributed by atoms with van der Waals surface area (Å²) in [5, 5.41) is 0. The van der Waals surface area contributed by atoms with Crippen LogP contribution < -0.4 is 20.9 Å². The van der Waals surface area contributed by atoms with Crippen LogP contribution in [0.5, 0.6) is 11.5 Å². The first-order chi connectivity index (χ1) is 19.7. The van der Waals surface area contributed by atoms with Crippen LogP contribution in [0, 0.1) is 0 Å². The van der Waals surface area contributed by atoms with E-state index in [0.29, 0.717) is 24.3 Å². The number of ether oxygens (including phenoxy) is 4. The van der Waals surface area contributed by atoms with E-state index in [1.807, 2.05) is 48.5 Å². The zero-order valence-electron chi connectivity index (χ0n) is 27.1. The molecule has 2 aromatic carbocycles. The summed E-state index contributed by atoms with van der Waals surface area (Å²) in [5.74, 6) is 0.904. The maximum atomic E-state index is 11.9. The third-order valence-electron chi connectivity index (χ3n) is 7.53. The fraction of sp³-hybridized carbons (Fsp3) is 0.486. The normalized spacial score (nSPS) is 15.1. The van der Waals surface area contributed by atoms with Crippen molar-refractivity contribution in [3.05, 3.63) is 85.0 Å². The van der Waals surface area contributed by atoms with Crippen LogP contribution >= 0.6 is 0 Å². The number of rotatable bonds is 18. The summed E-state index contributed by atoms with van der Waals surface area (Å²) in [4.78, 5) is 23.8. The number of nitrogens with two attached hydrogens (primary N) is 2. The van der Waals surface area contributed by atoms with Gasteiger partial charge in [-0.05, 0) is 89.1 Å². The van der Waals surface area contributed by atoms with E-state index < -0.39 is 22.7 Å². The van der Waals surface area contributed by atoms with E-state index in [4.69, 9.17) is 30.4 Å². The predicted octanol–water partition coefficient (Wildman–Crippen LogP) is 6.00. The number of benzene rings is 2. The van der Waals surface area contributed by atoms with E-state index in [2.05, 4.69) is 27.0 Å². The van der Waals surface area contributed by atoms with Gasteiger partial charge in [-0.25, -0.2) is 0 Å². The number of carbonyl (C=O) groups excluding carboxylic acids is 2. The molecule has 0 radical (unpaired) electrons. The highest BCUT2D eigenvalue weighted by Gasteiger charge is 2.30. The molecule has 8 nitrogen and oxygen atoms in total. The van der Waals surface area contributed by atoms with Crippen molar-refractivity contribution in [2.24, 2.45) is 11.5 Å². The van der Waals surface area contributed by atoms with Crippen molar-refractivity contribution >= 4 is 11.6 Å². The molecule has 0 aliphatic heterocycles. The summed E-state index contributed by atoms with van der Waals surface area (Å²) in [7, 11) is 0. The van der Waals surface area contributed by atoms with Gasteiger partial charge in [0.15, 0.2) is 23.0 Å². The molecule has 0 aliphatic rings. The summed E-state index contributed by atoms with van der Waals surface area (Å²) in [6.07, 6.45) is 3.31. The van der Waals surface area contributed by atoms with Crippen LogP contribution in [-0.2, 0) is 24.5 Å². The molecule has 2 rings (SSSR count). The Morgan fingerprint density at radius 3 is 1.21 bits per heavy atom. The summed E-state index contributed by atoms with van der Waals surface area (Å²) in [6, 6.07) is 15.7. The minimum Gasteiger partial charge on any atom is -0.473 e. The van der Waals surface area contributed by atoms with Gasteiger partial charge in [0.2, 0.25) is 0 Å². The molecule has 2 unspecified atom stereocenters. The fourth-order valence-electron chi connectivity index (χ4n) is 4.34. The SMILES string of the molecule is C=CC(=O)C(C)(C)OCCC(C)(N)Oc1ccc(C(C)(C)c2ccc(OC(C)(N)CCOC(C)(C)C(=O)C=C)cc2)cc1. The molecule has 43 heavy (non-hydrogen) atoms. The highest BCUT2D eigenvalue weighted by Crippen LogP contribution is 2.34. The number of hydrogen-bond donors (Lipinski definition) is 2. The van der Waals surface area contributed by atoms with Gasteiger partial charge in [-0.1, -0.05) is 51.3 Å². The molecule has 0 amide bonds. The fourth-order valence-corrected chi connectivity index (χ4v) is 4.34. The molecular weight excluding hydrogens is 544 g/mol. The molecular formula is C35H50N2O6. The number of ketones is 2. The Balaban J connectivity index is 1.99. The van der Waals surface area contributed by atoms with Gasteiger partial charge in [0, 0.05) is 18.3 Å². The van der Waals surface area contributed by atoms with Crippen molar-refractivity contribution in [3.8, 4) is 11.5 Å². The van der Waals surface area contributed by atoms with Gasteiger partial charge < -0.3 is 18.9 Å². The van der Waals surface area contributed by atoms with Gasteiger partial charge in [-0.2, -0.15) is 0 Å². The maximum absolute atomic E-state index is 11.9. The Morgan fingerprint density at radius 1 is 0.628 bits per heavy atom. The van der Waals surface area contributed by atoms with Crippen LogP contribution in [0.3, 0.4) is 0 Å². The monoisotopic (exact) mass is 594 g/mol.